The normalized spacial score (nSPS) is 12.2. The van der Waals surface area contributed by atoms with Gasteiger partial charge in [0.25, 0.3) is 0 Å². The summed E-state index contributed by atoms with van der Waals surface area (Å²) >= 11 is 9.03. The Labute approximate surface area is 130 Å². The zero-order chi connectivity index (χ0) is 14.5. The summed E-state index contributed by atoms with van der Waals surface area (Å²) in [6.45, 7) is 0.370. The number of halogens is 3. The van der Waals surface area contributed by atoms with E-state index in [9.17, 15) is 4.39 Å². The molecule has 0 spiro atoms. The molecule has 1 unspecified atom stereocenters. The van der Waals surface area contributed by atoms with Crippen molar-refractivity contribution in [3.8, 4) is 5.75 Å². The third-order valence-corrected chi connectivity index (χ3v) is 3.58. The Morgan fingerprint density at radius 3 is 2.75 bits per heavy atom. The van der Waals surface area contributed by atoms with Gasteiger partial charge in [0.2, 0.25) is 0 Å². The van der Waals surface area contributed by atoms with Crippen LogP contribution in [0.25, 0.3) is 0 Å². The molecule has 0 amide bonds. The van der Waals surface area contributed by atoms with Crippen LogP contribution in [0.15, 0.2) is 46.9 Å². The number of hydrogen-bond donors (Lipinski definition) is 1. The molecule has 2 N–H and O–H groups in total. The highest BCUT2D eigenvalue weighted by Crippen LogP contribution is 2.19. The van der Waals surface area contributed by atoms with Crippen molar-refractivity contribution < 1.29 is 9.13 Å². The van der Waals surface area contributed by atoms with Crippen LogP contribution in [0, 0.1) is 5.82 Å². The van der Waals surface area contributed by atoms with Crippen molar-refractivity contribution in [1.82, 2.24) is 0 Å². The zero-order valence-corrected chi connectivity index (χ0v) is 13.0. The molecule has 20 heavy (non-hydrogen) atoms. The second-order valence-corrected chi connectivity index (χ2v) is 5.77. The van der Waals surface area contributed by atoms with Gasteiger partial charge in [0, 0.05) is 11.1 Å². The molecule has 2 aromatic carbocycles. The second-order valence-electron chi connectivity index (χ2n) is 4.48. The van der Waals surface area contributed by atoms with Crippen LogP contribution in [-0.4, -0.2) is 12.6 Å². The molecule has 0 aliphatic heterocycles. The van der Waals surface area contributed by atoms with Gasteiger partial charge in [-0.15, -0.1) is 0 Å². The molecule has 2 rings (SSSR count). The molecule has 0 aliphatic carbocycles. The number of rotatable bonds is 5. The van der Waals surface area contributed by atoms with E-state index in [2.05, 4.69) is 15.9 Å². The molecule has 2 aromatic rings. The van der Waals surface area contributed by atoms with Crippen molar-refractivity contribution in [3.63, 3.8) is 0 Å². The third-order valence-electron chi connectivity index (χ3n) is 2.74. The largest absolute Gasteiger partial charge is 0.492 e. The predicted molar refractivity (Wildman–Crippen MR) is 82.7 cm³/mol. The maximum absolute atomic E-state index is 13.1. The minimum Gasteiger partial charge on any atom is -0.492 e. The fourth-order valence-corrected chi connectivity index (χ4v) is 2.39. The number of ether oxygens (including phenoxy) is 1. The van der Waals surface area contributed by atoms with Gasteiger partial charge in [0.15, 0.2) is 0 Å². The Kier molecular flexibility index (Phi) is 5.40. The lowest BCUT2D eigenvalue weighted by molar-refractivity contribution is 0.287. The first-order valence-electron chi connectivity index (χ1n) is 6.12. The molecule has 0 aromatic heterocycles. The standard InChI is InChI=1S/C15H14BrClFNO/c16-14-7-10(4-5-15(14)18)6-12(19)9-20-13-3-1-2-11(17)8-13/h1-5,7-8,12H,6,9,19H2. The minimum absolute atomic E-state index is 0.175. The maximum atomic E-state index is 13.1. The lowest BCUT2D eigenvalue weighted by Gasteiger charge is -2.13. The molecule has 0 bridgehead atoms. The van der Waals surface area contributed by atoms with Crippen LogP contribution in [-0.2, 0) is 6.42 Å². The molecule has 0 fully saturated rings. The summed E-state index contributed by atoms with van der Waals surface area (Å²) in [4.78, 5) is 0. The Bertz CT molecular complexity index is 594. The minimum atomic E-state index is -0.280. The SMILES string of the molecule is NC(COc1cccc(Cl)c1)Cc1ccc(F)c(Br)c1. The van der Waals surface area contributed by atoms with Crippen LogP contribution in [0.4, 0.5) is 4.39 Å². The fourth-order valence-electron chi connectivity index (χ4n) is 1.79. The van der Waals surface area contributed by atoms with Gasteiger partial charge in [-0.05, 0) is 58.2 Å². The van der Waals surface area contributed by atoms with E-state index in [1.165, 1.54) is 6.07 Å². The summed E-state index contributed by atoms with van der Waals surface area (Å²) in [5.74, 6) is 0.408. The second kappa shape index (κ2) is 7.07. The summed E-state index contributed by atoms with van der Waals surface area (Å²) in [5, 5.41) is 0.624. The van der Waals surface area contributed by atoms with Crippen molar-refractivity contribution >= 4 is 27.5 Å². The van der Waals surface area contributed by atoms with Crippen molar-refractivity contribution in [2.24, 2.45) is 5.73 Å². The fraction of sp³-hybridized carbons (Fsp3) is 0.200. The lowest BCUT2D eigenvalue weighted by Crippen LogP contribution is -2.30. The van der Waals surface area contributed by atoms with E-state index < -0.39 is 0 Å². The van der Waals surface area contributed by atoms with E-state index >= 15 is 0 Å². The Hall–Kier alpha value is -1.10. The van der Waals surface area contributed by atoms with E-state index in [4.69, 9.17) is 22.1 Å². The first-order valence-corrected chi connectivity index (χ1v) is 7.29. The van der Waals surface area contributed by atoms with Gasteiger partial charge in [-0.25, -0.2) is 4.39 Å². The summed E-state index contributed by atoms with van der Waals surface area (Å²) in [7, 11) is 0. The average Bonchev–Trinajstić information content (AvgIpc) is 2.41. The van der Waals surface area contributed by atoms with E-state index in [1.807, 2.05) is 12.1 Å². The van der Waals surface area contributed by atoms with Gasteiger partial charge in [-0.2, -0.15) is 0 Å². The van der Waals surface area contributed by atoms with Gasteiger partial charge in [0.1, 0.15) is 18.2 Å². The smallest absolute Gasteiger partial charge is 0.137 e. The van der Waals surface area contributed by atoms with Crippen LogP contribution in [0.3, 0.4) is 0 Å². The quantitative estimate of drug-likeness (QED) is 0.870. The third kappa shape index (κ3) is 4.47. The van der Waals surface area contributed by atoms with Crippen molar-refractivity contribution in [1.29, 1.82) is 0 Å². The molecular formula is C15H14BrClFNO. The molecule has 0 saturated carbocycles. The first-order chi connectivity index (χ1) is 9.54. The molecule has 0 radical (unpaired) electrons. The zero-order valence-electron chi connectivity index (χ0n) is 10.7. The van der Waals surface area contributed by atoms with Gasteiger partial charge < -0.3 is 10.5 Å². The molecular weight excluding hydrogens is 345 g/mol. The van der Waals surface area contributed by atoms with E-state index in [-0.39, 0.29) is 11.9 Å². The first kappa shape index (κ1) is 15.3. The van der Waals surface area contributed by atoms with Crippen LogP contribution in [0.1, 0.15) is 5.56 Å². The van der Waals surface area contributed by atoms with E-state index in [1.54, 1.807) is 24.3 Å². The van der Waals surface area contributed by atoms with Crippen molar-refractivity contribution in [2.75, 3.05) is 6.61 Å². The maximum Gasteiger partial charge on any atom is 0.137 e. The van der Waals surface area contributed by atoms with Crippen LogP contribution in [0.5, 0.6) is 5.75 Å². The van der Waals surface area contributed by atoms with Gasteiger partial charge in [0.05, 0.1) is 4.47 Å². The molecule has 106 valence electrons. The molecule has 0 aliphatic rings. The van der Waals surface area contributed by atoms with E-state index in [0.29, 0.717) is 28.3 Å². The van der Waals surface area contributed by atoms with Crippen molar-refractivity contribution in [2.45, 2.75) is 12.5 Å². The van der Waals surface area contributed by atoms with Crippen molar-refractivity contribution in [3.05, 3.63) is 63.3 Å². The van der Waals surface area contributed by atoms with Crippen LogP contribution < -0.4 is 10.5 Å². The molecule has 5 heteroatoms. The van der Waals surface area contributed by atoms with Gasteiger partial charge >= 0.3 is 0 Å². The van der Waals surface area contributed by atoms with Crippen LogP contribution in [0.2, 0.25) is 5.02 Å². The molecule has 0 heterocycles. The average molecular weight is 359 g/mol. The molecule has 1 atom stereocenters. The van der Waals surface area contributed by atoms with Gasteiger partial charge in [-0.1, -0.05) is 23.7 Å². The number of nitrogens with two attached hydrogens (primary N) is 1. The topological polar surface area (TPSA) is 35.2 Å². The Morgan fingerprint density at radius 1 is 1.25 bits per heavy atom. The summed E-state index contributed by atoms with van der Waals surface area (Å²) < 4.78 is 19.2. The monoisotopic (exact) mass is 357 g/mol. The van der Waals surface area contributed by atoms with Gasteiger partial charge in [-0.3, -0.25) is 0 Å². The Morgan fingerprint density at radius 2 is 2.05 bits per heavy atom. The lowest BCUT2D eigenvalue weighted by atomic mass is 10.1. The highest BCUT2D eigenvalue weighted by molar-refractivity contribution is 9.10. The highest BCUT2D eigenvalue weighted by Gasteiger charge is 2.07. The van der Waals surface area contributed by atoms with E-state index in [0.717, 1.165) is 5.56 Å². The predicted octanol–water partition coefficient (Wildman–Crippen LogP) is 4.19. The molecule has 2 nitrogen and oxygen atoms in total. The summed E-state index contributed by atoms with van der Waals surface area (Å²) in [6.07, 6.45) is 0.611. The molecule has 0 saturated heterocycles. The Balaban J connectivity index is 1.89. The summed E-state index contributed by atoms with van der Waals surface area (Å²) in [6, 6.07) is 11.9. The number of hydrogen-bond acceptors (Lipinski definition) is 2. The summed E-state index contributed by atoms with van der Waals surface area (Å²) in [5.41, 5.74) is 6.97. The van der Waals surface area contributed by atoms with Crippen LogP contribution >= 0.6 is 27.5 Å². The number of benzene rings is 2. The highest BCUT2D eigenvalue weighted by atomic mass is 79.9.